The summed E-state index contributed by atoms with van der Waals surface area (Å²) in [5.74, 6) is 1.39. The van der Waals surface area contributed by atoms with E-state index in [1.807, 2.05) is 48.5 Å². The van der Waals surface area contributed by atoms with E-state index in [1.165, 1.54) is 0 Å². The first-order chi connectivity index (χ1) is 9.76. The molecule has 2 aromatic carbocycles. The first-order valence-electron chi connectivity index (χ1n) is 6.17. The second-order valence-electron chi connectivity index (χ2n) is 4.18. The summed E-state index contributed by atoms with van der Waals surface area (Å²) in [7, 11) is 3.20. The Kier molecular flexibility index (Phi) is 4.41. The molecule has 0 N–H and O–H groups in total. The molecule has 2 aromatic rings. The van der Waals surface area contributed by atoms with E-state index >= 15 is 0 Å². The van der Waals surface area contributed by atoms with E-state index in [4.69, 9.17) is 9.47 Å². The van der Waals surface area contributed by atoms with Crippen LogP contribution in [0.25, 0.3) is 11.6 Å². The van der Waals surface area contributed by atoms with Gasteiger partial charge >= 0.3 is 0 Å². The zero-order valence-corrected chi connectivity index (χ0v) is 11.5. The number of allylic oxidation sites excluding steroid dienone is 1. The molecule has 20 heavy (non-hydrogen) atoms. The molecule has 0 saturated heterocycles. The molecule has 0 amide bonds. The summed E-state index contributed by atoms with van der Waals surface area (Å²) in [5.41, 5.74) is 2.35. The Hall–Kier alpha value is -2.73. The van der Waals surface area contributed by atoms with Crippen molar-refractivity contribution >= 4 is 11.6 Å². The van der Waals surface area contributed by atoms with Gasteiger partial charge in [-0.2, -0.15) is 5.26 Å². The molecular weight excluding hydrogens is 250 g/mol. The molecule has 0 bridgehead atoms. The van der Waals surface area contributed by atoms with Gasteiger partial charge in [0.25, 0.3) is 0 Å². The van der Waals surface area contributed by atoms with Crippen LogP contribution < -0.4 is 9.47 Å². The van der Waals surface area contributed by atoms with Gasteiger partial charge in [0.2, 0.25) is 0 Å². The third kappa shape index (κ3) is 3.18. The Morgan fingerprint density at radius 3 is 2.10 bits per heavy atom. The normalized spacial score (nSPS) is 10.8. The van der Waals surface area contributed by atoms with Crippen LogP contribution in [-0.4, -0.2) is 14.2 Å². The molecule has 0 aliphatic carbocycles. The molecule has 2 rings (SSSR count). The smallest absolute Gasteiger partial charge is 0.123 e. The number of benzene rings is 2. The number of methoxy groups -OCH3 is 2. The molecule has 0 fully saturated rings. The summed E-state index contributed by atoms with van der Waals surface area (Å²) in [6.45, 7) is 0. The standard InChI is InChI=1S/C17H15NO2/c1-19-16-9-13(10-17(11-16)20-2)8-15(12-18)14-6-4-3-5-7-14/h3-11H,1-2H3/b15-8+. The van der Waals surface area contributed by atoms with Gasteiger partial charge in [0.1, 0.15) is 11.5 Å². The van der Waals surface area contributed by atoms with Crippen molar-refractivity contribution in [2.75, 3.05) is 14.2 Å². The van der Waals surface area contributed by atoms with E-state index in [0.717, 1.165) is 11.1 Å². The summed E-state index contributed by atoms with van der Waals surface area (Å²) in [6, 6.07) is 17.3. The largest absolute Gasteiger partial charge is 0.497 e. The number of nitrogens with zero attached hydrogens (tertiary/aromatic N) is 1. The maximum Gasteiger partial charge on any atom is 0.123 e. The minimum Gasteiger partial charge on any atom is -0.497 e. The fraction of sp³-hybridized carbons (Fsp3) is 0.118. The minimum atomic E-state index is 0.598. The highest BCUT2D eigenvalue weighted by atomic mass is 16.5. The number of rotatable bonds is 4. The molecule has 0 aliphatic heterocycles. The fourth-order valence-corrected chi connectivity index (χ4v) is 1.88. The van der Waals surface area contributed by atoms with Crippen LogP contribution in [-0.2, 0) is 0 Å². The van der Waals surface area contributed by atoms with Crippen molar-refractivity contribution in [1.82, 2.24) is 0 Å². The fourth-order valence-electron chi connectivity index (χ4n) is 1.88. The lowest BCUT2D eigenvalue weighted by atomic mass is 10.0. The minimum absolute atomic E-state index is 0.598. The second-order valence-corrected chi connectivity index (χ2v) is 4.18. The maximum absolute atomic E-state index is 9.31. The predicted molar refractivity (Wildman–Crippen MR) is 79.5 cm³/mol. The number of nitriles is 1. The Morgan fingerprint density at radius 1 is 1.00 bits per heavy atom. The van der Waals surface area contributed by atoms with Crippen molar-refractivity contribution in [3.8, 4) is 17.6 Å². The quantitative estimate of drug-likeness (QED) is 0.624. The van der Waals surface area contributed by atoms with Gasteiger partial charge in [-0.15, -0.1) is 0 Å². The van der Waals surface area contributed by atoms with Crippen LogP contribution in [0, 0.1) is 11.3 Å². The van der Waals surface area contributed by atoms with Gasteiger partial charge in [-0.05, 0) is 29.3 Å². The molecule has 3 heteroatoms. The van der Waals surface area contributed by atoms with Gasteiger partial charge in [0.05, 0.1) is 25.9 Å². The summed E-state index contributed by atoms with van der Waals surface area (Å²) in [4.78, 5) is 0. The van der Waals surface area contributed by atoms with E-state index in [0.29, 0.717) is 17.1 Å². The average molecular weight is 265 g/mol. The van der Waals surface area contributed by atoms with E-state index in [-0.39, 0.29) is 0 Å². The van der Waals surface area contributed by atoms with Crippen LogP contribution in [0.5, 0.6) is 11.5 Å². The van der Waals surface area contributed by atoms with Gasteiger partial charge in [0, 0.05) is 6.07 Å². The highest BCUT2D eigenvalue weighted by Gasteiger charge is 2.03. The Morgan fingerprint density at radius 2 is 1.60 bits per heavy atom. The number of hydrogen-bond donors (Lipinski definition) is 0. The van der Waals surface area contributed by atoms with Gasteiger partial charge in [-0.3, -0.25) is 0 Å². The highest BCUT2D eigenvalue weighted by Crippen LogP contribution is 2.25. The monoisotopic (exact) mass is 265 g/mol. The third-order valence-electron chi connectivity index (χ3n) is 2.89. The number of ether oxygens (including phenoxy) is 2. The first-order valence-corrected chi connectivity index (χ1v) is 6.17. The lowest BCUT2D eigenvalue weighted by Crippen LogP contribution is -1.89. The van der Waals surface area contributed by atoms with Crippen molar-refractivity contribution in [2.45, 2.75) is 0 Å². The lowest BCUT2D eigenvalue weighted by molar-refractivity contribution is 0.394. The zero-order chi connectivity index (χ0) is 14.4. The molecule has 0 saturated carbocycles. The average Bonchev–Trinajstić information content (AvgIpc) is 2.53. The van der Waals surface area contributed by atoms with Crippen LogP contribution in [0.15, 0.2) is 48.5 Å². The van der Waals surface area contributed by atoms with E-state index in [1.54, 1.807) is 20.3 Å². The van der Waals surface area contributed by atoms with Crippen molar-refractivity contribution in [3.05, 3.63) is 59.7 Å². The molecule has 0 radical (unpaired) electrons. The molecular formula is C17H15NO2. The van der Waals surface area contributed by atoms with E-state index < -0.39 is 0 Å². The molecule has 0 spiro atoms. The van der Waals surface area contributed by atoms with Crippen molar-refractivity contribution < 1.29 is 9.47 Å². The van der Waals surface area contributed by atoms with Crippen LogP contribution in [0.1, 0.15) is 11.1 Å². The first kappa shape index (κ1) is 13.7. The van der Waals surface area contributed by atoms with E-state index in [9.17, 15) is 5.26 Å². The molecule has 0 unspecified atom stereocenters. The molecule has 0 atom stereocenters. The molecule has 0 heterocycles. The van der Waals surface area contributed by atoms with Gasteiger partial charge in [-0.25, -0.2) is 0 Å². The number of hydrogen-bond acceptors (Lipinski definition) is 3. The third-order valence-corrected chi connectivity index (χ3v) is 2.89. The van der Waals surface area contributed by atoms with Crippen molar-refractivity contribution in [3.63, 3.8) is 0 Å². The summed E-state index contributed by atoms with van der Waals surface area (Å²) >= 11 is 0. The highest BCUT2D eigenvalue weighted by molar-refractivity contribution is 5.89. The summed E-state index contributed by atoms with van der Waals surface area (Å²) in [6.07, 6.45) is 1.82. The SMILES string of the molecule is COc1cc(/C=C(\C#N)c2ccccc2)cc(OC)c1. The predicted octanol–water partition coefficient (Wildman–Crippen LogP) is 3.77. The summed E-state index contributed by atoms with van der Waals surface area (Å²) in [5, 5.41) is 9.31. The van der Waals surface area contributed by atoms with Crippen LogP contribution >= 0.6 is 0 Å². The summed E-state index contributed by atoms with van der Waals surface area (Å²) < 4.78 is 10.5. The topological polar surface area (TPSA) is 42.2 Å². The Bertz CT molecular complexity index is 632. The zero-order valence-electron chi connectivity index (χ0n) is 11.5. The van der Waals surface area contributed by atoms with Crippen molar-refractivity contribution in [2.24, 2.45) is 0 Å². The molecule has 100 valence electrons. The Balaban J connectivity index is 2.45. The second kappa shape index (κ2) is 6.44. The van der Waals surface area contributed by atoms with Gasteiger partial charge in [0.15, 0.2) is 0 Å². The van der Waals surface area contributed by atoms with E-state index in [2.05, 4.69) is 6.07 Å². The molecule has 0 aliphatic rings. The van der Waals surface area contributed by atoms with Gasteiger partial charge in [-0.1, -0.05) is 30.3 Å². The Labute approximate surface area is 118 Å². The van der Waals surface area contributed by atoms with Crippen LogP contribution in [0.2, 0.25) is 0 Å². The molecule has 0 aromatic heterocycles. The van der Waals surface area contributed by atoms with Gasteiger partial charge < -0.3 is 9.47 Å². The van der Waals surface area contributed by atoms with Crippen LogP contribution in [0.3, 0.4) is 0 Å². The lowest BCUT2D eigenvalue weighted by Gasteiger charge is -2.06. The van der Waals surface area contributed by atoms with Crippen LogP contribution in [0.4, 0.5) is 0 Å². The van der Waals surface area contributed by atoms with Crippen molar-refractivity contribution in [1.29, 1.82) is 5.26 Å². The maximum atomic E-state index is 9.31. The molecule has 3 nitrogen and oxygen atoms in total.